The number of amides is 1. The molecule has 0 unspecified atom stereocenters. The number of rotatable bonds is 5. The van der Waals surface area contributed by atoms with E-state index in [9.17, 15) is 9.18 Å². The number of anilines is 1. The Hall–Kier alpha value is -2.54. The van der Waals surface area contributed by atoms with Crippen LogP contribution in [0.5, 0.6) is 0 Å². The number of nitrogens with zero attached hydrogens (tertiary/aromatic N) is 3. The third-order valence-electron chi connectivity index (χ3n) is 8.82. The van der Waals surface area contributed by atoms with Crippen molar-refractivity contribution in [3.63, 3.8) is 0 Å². The summed E-state index contributed by atoms with van der Waals surface area (Å²) in [5.74, 6) is 2.75. The summed E-state index contributed by atoms with van der Waals surface area (Å²) in [5.41, 5.74) is 3.79. The van der Waals surface area contributed by atoms with E-state index >= 15 is 0 Å². The molecule has 186 valence electrons. The van der Waals surface area contributed by atoms with Crippen molar-refractivity contribution in [2.45, 2.75) is 63.8 Å². The summed E-state index contributed by atoms with van der Waals surface area (Å²) in [6.07, 6.45) is 7.44. The first-order valence-electron chi connectivity index (χ1n) is 13.3. The smallest absolute Gasteiger partial charge is 0.225 e. The maximum absolute atomic E-state index is 13.9. The molecule has 2 aliphatic carbocycles. The molecule has 4 fully saturated rings. The molecule has 1 aromatic heterocycles. The highest BCUT2D eigenvalue weighted by molar-refractivity contribution is 5.79. The number of carbonyl (C=O) groups is 1. The molecule has 2 aliphatic heterocycles. The molecule has 0 radical (unpaired) electrons. The summed E-state index contributed by atoms with van der Waals surface area (Å²) < 4.78 is 19.4. The lowest BCUT2D eigenvalue weighted by molar-refractivity contribution is -0.137. The van der Waals surface area contributed by atoms with Crippen LogP contribution in [0.25, 0.3) is 11.3 Å². The van der Waals surface area contributed by atoms with Gasteiger partial charge in [-0.15, -0.1) is 10.2 Å². The normalized spacial score (nSPS) is 27.0. The minimum Gasteiger partial charge on any atom is -0.381 e. The van der Waals surface area contributed by atoms with Gasteiger partial charge in [0.1, 0.15) is 5.82 Å². The van der Waals surface area contributed by atoms with Gasteiger partial charge in [-0.1, -0.05) is 12.5 Å². The number of likely N-dealkylation sites (tertiary alicyclic amines) is 1. The lowest BCUT2D eigenvalue weighted by Gasteiger charge is -2.29. The summed E-state index contributed by atoms with van der Waals surface area (Å²) in [5, 5.41) is 12.9. The molecular weight excluding hydrogens is 443 g/mol. The molecule has 4 aliphatic rings. The fraction of sp³-hybridized carbons (Fsp3) is 0.607. The number of benzene rings is 1. The first kappa shape index (κ1) is 22.9. The predicted molar refractivity (Wildman–Crippen MR) is 133 cm³/mol. The van der Waals surface area contributed by atoms with Crippen LogP contribution in [0.2, 0.25) is 0 Å². The van der Waals surface area contributed by atoms with Gasteiger partial charge in [0.2, 0.25) is 5.91 Å². The highest BCUT2D eigenvalue weighted by Gasteiger charge is 2.44. The number of fused-ring (bicyclic) bond motifs is 1. The lowest BCUT2D eigenvalue weighted by Crippen LogP contribution is -2.38. The van der Waals surface area contributed by atoms with Gasteiger partial charge >= 0.3 is 0 Å². The summed E-state index contributed by atoms with van der Waals surface area (Å²) in [6, 6.07) is 7.34. The van der Waals surface area contributed by atoms with E-state index in [0.717, 1.165) is 61.4 Å². The molecule has 2 saturated heterocycles. The highest BCUT2D eigenvalue weighted by Crippen LogP contribution is 2.43. The highest BCUT2D eigenvalue weighted by atomic mass is 19.1. The van der Waals surface area contributed by atoms with Crippen LogP contribution < -0.4 is 5.32 Å². The van der Waals surface area contributed by atoms with Crippen molar-refractivity contribution in [3.05, 3.63) is 41.2 Å². The minimum atomic E-state index is -0.248. The maximum atomic E-state index is 13.9. The second-order valence-electron chi connectivity index (χ2n) is 11.1. The van der Waals surface area contributed by atoms with Gasteiger partial charge in [-0.2, -0.15) is 0 Å². The first-order valence-corrected chi connectivity index (χ1v) is 13.3. The van der Waals surface area contributed by atoms with Crippen molar-refractivity contribution in [1.29, 1.82) is 0 Å². The Morgan fingerprint density at radius 1 is 1.06 bits per heavy atom. The molecule has 0 bridgehead atoms. The quantitative estimate of drug-likeness (QED) is 0.660. The zero-order valence-electron chi connectivity index (χ0n) is 20.5. The number of aryl methyl sites for hydroxylation is 1. The standard InChI is InChI=1S/C28H35FN4O2/c1-17-5-6-22(29)13-24(17)26-14-25(18-3-2-4-18)27(32-31-26)30-23-11-20-15-33(16-21(20)12-23)28(34)19-7-9-35-10-8-19/h5-6,13-14,18-21,23H,2-4,7-12,15-16H2,1H3,(H,30,32)/t20-,21+,23-. The molecule has 6 rings (SSSR count). The van der Waals surface area contributed by atoms with E-state index in [0.29, 0.717) is 42.9 Å². The van der Waals surface area contributed by atoms with Crippen molar-refractivity contribution in [2.75, 3.05) is 31.6 Å². The van der Waals surface area contributed by atoms with E-state index in [1.54, 1.807) is 12.1 Å². The molecule has 7 heteroatoms. The van der Waals surface area contributed by atoms with E-state index in [2.05, 4.69) is 26.5 Å². The number of halogens is 1. The van der Waals surface area contributed by atoms with Crippen LogP contribution >= 0.6 is 0 Å². The Labute approximate surface area is 206 Å². The van der Waals surface area contributed by atoms with Crippen molar-refractivity contribution < 1.29 is 13.9 Å². The largest absolute Gasteiger partial charge is 0.381 e. The van der Waals surface area contributed by atoms with Crippen LogP contribution in [0, 0.1) is 30.5 Å². The van der Waals surface area contributed by atoms with Crippen LogP contribution in [-0.4, -0.2) is 53.3 Å². The topological polar surface area (TPSA) is 67.4 Å². The number of aromatic nitrogens is 2. The van der Waals surface area contributed by atoms with Gasteiger partial charge in [-0.05, 0) is 87.0 Å². The fourth-order valence-electron chi connectivity index (χ4n) is 6.54. The van der Waals surface area contributed by atoms with Crippen molar-refractivity contribution in [2.24, 2.45) is 17.8 Å². The average molecular weight is 479 g/mol. The zero-order chi connectivity index (χ0) is 23.9. The van der Waals surface area contributed by atoms with E-state index in [-0.39, 0.29) is 11.7 Å². The lowest BCUT2D eigenvalue weighted by atomic mass is 9.80. The van der Waals surface area contributed by atoms with Crippen LogP contribution in [0.4, 0.5) is 10.2 Å². The molecule has 1 aromatic carbocycles. The van der Waals surface area contributed by atoms with E-state index < -0.39 is 0 Å². The molecule has 35 heavy (non-hydrogen) atoms. The molecule has 0 spiro atoms. The van der Waals surface area contributed by atoms with Crippen molar-refractivity contribution >= 4 is 11.7 Å². The second-order valence-corrected chi connectivity index (χ2v) is 11.1. The number of nitrogens with one attached hydrogen (secondary N) is 1. The van der Waals surface area contributed by atoms with Crippen LogP contribution in [0.15, 0.2) is 24.3 Å². The molecule has 2 aromatic rings. The van der Waals surface area contributed by atoms with Crippen LogP contribution in [0.3, 0.4) is 0 Å². The number of carbonyl (C=O) groups excluding carboxylic acids is 1. The summed E-state index contributed by atoms with van der Waals surface area (Å²) >= 11 is 0. The summed E-state index contributed by atoms with van der Waals surface area (Å²) in [4.78, 5) is 15.1. The zero-order valence-corrected chi connectivity index (χ0v) is 20.5. The maximum Gasteiger partial charge on any atom is 0.225 e. The Morgan fingerprint density at radius 2 is 1.80 bits per heavy atom. The molecule has 3 heterocycles. The Balaban J connectivity index is 1.14. The Bertz CT molecular complexity index is 1080. The van der Waals surface area contributed by atoms with Gasteiger partial charge < -0.3 is 15.0 Å². The van der Waals surface area contributed by atoms with Gasteiger partial charge in [0.25, 0.3) is 0 Å². The predicted octanol–water partition coefficient (Wildman–Crippen LogP) is 4.93. The molecule has 6 nitrogen and oxygen atoms in total. The monoisotopic (exact) mass is 478 g/mol. The van der Waals surface area contributed by atoms with E-state index in [1.165, 1.54) is 30.9 Å². The Morgan fingerprint density at radius 3 is 2.49 bits per heavy atom. The summed E-state index contributed by atoms with van der Waals surface area (Å²) in [7, 11) is 0. The van der Waals surface area contributed by atoms with Crippen LogP contribution in [-0.2, 0) is 9.53 Å². The first-order chi connectivity index (χ1) is 17.0. The minimum absolute atomic E-state index is 0.150. The van der Waals surface area contributed by atoms with Gasteiger partial charge in [-0.25, -0.2) is 4.39 Å². The number of ether oxygens (including phenoxy) is 1. The number of hydrogen-bond donors (Lipinski definition) is 1. The third-order valence-corrected chi connectivity index (χ3v) is 8.82. The second kappa shape index (κ2) is 9.49. The fourth-order valence-corrected chi connectivity index (χ4v) is 6.54. The molecular formula is C28H35FN4O2. The van der Waals surface area contributed by atoms with Gasteiger partial charge in [0.05, 0.1) is 5.69 Å². The van der Waals surface area contributed by atoms with Crippen molar-refractivity contribution in [3.8, 4) is 11.3 Å². The van der Waals surface area contributed by atoms with Gasteiger partial charge in [0.15, 0.2) is 5.82 Å². The van der Waals surface area contributed by atoms with E-state index in [1.807, 2.05) is 6.92 Å². The van der Waals surface area contributed by atoms with Crippen LogP contribution in [0.1, 0.15) is 62.0 Å². The molecule has 1 N–H and O–H groups in total. The number of hydrogen-bond acceptors (Lipinski definition) is 5. The molecule has 1 amide bonds. The SMILES string of the molecule is Cc1ccc(F)cc1-c1cc(C2CCC2)c(N[C@@H]2C[C@@H]3CN(C(=O)C4CCOCC4)C[C@@H]3C2)nn1. The molecule has 3 atom stereocenters. The molecule has 2 saturated carbocycles. The van der Waals surface area contributed by atoms with Gasteiger partial charge in [-0.3, -0.25) is 4.79 Å². The van der Waals surface area contributed by atoms with Crippen molar-refractivity contribution in [1.82, 2.24) is 15.1 Å². The average Bonchev–Trinajstić information content (AvgIpc) is 3.39. The van der Waals surface area contributed by atoms with Gasteiger partial charge in [0, 0.05) is 49.4 Å². The Kier molecular flexibility index (Phi) is 6.21. The summed E-state index contributed by atoms with van der Waals surface area (Å²) in [6.45, 7) is 5.19. The third kappa shape index (κ3) is 4.55. The van der Waals surface area contributed by atoms with E-state index in [4.69, 9.17) is 4.74 Å².